The molecule has 2 heteroatoms. The molecule has 2 atom stereocenters. The quantitative estimate of drug-likeness (QED) is 0.677. The summed E-state index contributed by atoms with van der Waals surface area (Å²) < 4.78 is 0. The molecule has 0 saturated heterocycles. The fourth-order valence-corrected chi connectivity index (χ4v) is 2.18. The molecule has 2 rings (SSSR count). The number of hydrogen-bond donors (Lipinski definition) is 1. The van der Waals surface area contributed by atoms with E-state index >= 15 is 0 Å². The molecule has 0 aromatic heterocycles. The first kappa shape index (κ1) is 9.04. The van der Waals surface area contributed by atoms with Crippen molar-refractivity contribution in [3.63, 3.8) is 0 Å². The molecule has 0 radical (unpaired) electrons. The Bertz CT molecular complexity index is 322. The van der Waals surface area contributed by atoms with Gasteiger partial charge in [-0.05, 0) is 42.0 Å². The van der Waals surface area contributed by atoms with Gasteiger partial charge < -0.3 is 5.73 Å². The fraction of sp³-hybridized carbons (Fsp3) is 0.455. The van der Waals surface area contributed by atoms with Crippen LogP contribution in [0.2, 0.25) is 5.02 Å². The van der Waals surface area contributed by atoms with E-state index in [9.17, 15) is 0 Å². The van der Waals surface area contributed by atoms with Crippen LogP contribution in [0, 0.1) is 5.92 Å². The number of nitrogens with two attached hydrogens (primary N) is 1. The van der Waals surface area contributed by atoms with E-state index in [1.54, 1.807) is 0 Å². The van der Waals surface area contributed by atoms with Gasteiger partial charge in [-0.15, -0.1) is 0 Å². The predicted octanol–water partition coefficient (Wildman–Crippen LogP) is 2.92. The highest BCUT2D eigenvalue weighted by molar-refractivity contribution is 6.30. The lowest BCUT2D eigenvalue weighted by Crippen LogP contribution is -2.25. The third-order valence-electron chi connectivity index (χ3n) is 2.95. The van der Waals surface area contributed by atoms with Crippen molar-refractivity contribution in [1.29, 1.82) is 0 Å². The minimum Gasteiger partial charge on any atom is -0.324 e. The van der Waals surface area contributed by atoms with Gasteiger partial charge in [0.05, 0.1) is 0 Å². The van der Waals surface area contributed by atoms with Crippen molar-refractivity contribution < 1.29 is 0 Å². The monoisotopic (exact) mass is 195 g/mol. The molecule has 2 unspecified atom stereocenters. The Balaban J connectivity index is 2.44. The van der Waals surface area contributed by atoms with Crippen molar-refractivity contribution in [1.82, 2.24) is 0 Å². The third kappa shape index (κ3) is 1.59. The Morgan fingerprint density at radius 1 is 1.46 bits per heavy atom. The molecule has 0 bridgehead atoms. The highest BCUT2D eigenvalue weighted by atomic mass is 35.5. The molecule has 13 heavy (non-hydrogen) atoms. The molecule has 70 valence electrons. The third-order valence-corrected chi connectivity index (χ3v) is 3.18. The van der Waals surface area contributed by atoms with Gasteiger partial charge in [0.2, 0.25) is 0 Å². The van der Waals surface area contributed by atoms with Gasteiger partial charge in [-0.1, -0.05) is 24.6 Å². The summed E-state index contributed by atoms with van der Waals surface area (Å²) in [7, 11) is 0. The fourth-order valence-electron chi connectivity index (χ4n) is 1.99. The van der Waals surface area contributed by atoms with E-state index in [1.165, 1.54) is 17.5 Å². The maximum atomic E-state index is 6.10. The van der Waals surface area contributed by atoms with Crippen LogP contribution in [0.4, 0.5) is 0 Å². The van der Waals surface area contributed by atoms with Crippen LogP contribution in [0.1, 0.15) is 30.5 Å². The minimum atomic E-state index is 0.195. The molecule has 0 saturated carbocycles. The largest absolute Gasteiger partial charge is 0.324 e. The van der Waals surface area contributed by atoms with E-state index in [1.807, 2.05) is 12.1 Å². The first-order chi connectivity index (χ1) is 6.18. The molecule has 0 heterocycles. The number of halogens is 1. The second-order valence-corrected chi connectivity index (χ2v) is 4.32. The van der Waals surface area contributed by atoms with Crippen LogP contribution in [0.25, 0.3) is 0 Å². The van der Waals surface area contributed by atoms with E-state index in [0.29, 0.717) is 5.92 Å². The van der Waals surface area contributed by atoms with E-state index in [2.05, 4.69) is 13.0 Å². The van der Waals surface area contributed by atoms with E-state index in [-0.39, 0.29) is 6.04 Å². The standard InChI is InChI=1S/C11H14ClN/c1-7-2-3-8-6-9(12)4-5-10(8)11(7)13/h4-7,11H,2-3,13H2,1H3. The SMILES string of the molecule is CC1CCc2cc(Cl)ccc2C1N. The number of fused-ring (bicyclic) bond motifs is 1. The van der Waals surface area contributed by atoms with Crippen molar-refractivity contribution in [2.75, 3.05) is 0 Å². The molecule has 0 fully saturated rings. The number of rotatable bonds is 0. The Hall–Kier alpha value is -0.530. The highest BCUT2D eigenvalue weighted by Crippen LogP contribution is 2.33. The number of aryl methyl sites for hydroxylation is 1. The summed E-state index contributed by atoms with van der Waals surface area (Å²) in [5.74, 6) is 0.591. The van der Waals surface area contributed by atoms with Gasteiger partial charge >= 0.3 is 0 Å². The molecule has 0 amide bonds. The topological polar surface area (TPSA) is 26.0 Å². The molecule has 0 aliphatic heterocycles. The Morgan fingerprint density at radius 2 is 2.23 bits per heavy atom. The van der Waals surface area contributed by atoms with Gasteiger partial charge in [-0.2, -0.15) is 0 Å². The average Bonchev–Trinajstić information content (AvgIpc) is 2.12. The summed E-state index contributed by atoms with van der Waals surface area (Å²) in [6.07, 6.45) is 2.29. The van der Waals surface area contributed by atoms with Crippen LogP contribution < -0.4 is 5.73 Å². The lowest BCUT2D eigenvalue weighted by molar-refractivity contribution is 0.412. The smallest absolute Gasteiger partial charge is 0.0408 e. The first-order valence-corrected chi connectivity index (χ1v) is 5.10. The van der Waals surface area contributed by atoms with Crippen molar-refractivity contribution in [3.8, 4) is 0 Å². The lowest BCUT2D eigenvalue weighted by Gasteiger charge is -2.28. The van der Waals surface area contributed by atoms with Crippen molar-refractivity contribution in [2.24, 2.45) is 11.7 Å². The van der Waals surface area contributed by atoms with E-state index in [0.717, 1.165) is 11.4 Å². The van der Waals surface area contributed by atoms with Gasteiger partial charge in [-0.3, -0.25) is 0 Å². The van der Waals surface area contributed by atoms with Crippen molar-refractivity contribution >= 4 is 11.6 Å². The van der Waals surface area contributed by atoms with Gasteiger partial charge in [0.15, 0.2) is 0 Å². The summed E-state index contributed by atoms with van der Waals surface area (Å²) in [5, 5.41) is 0.820. The molecule has 1 aromatic rings. The van der Waals surface area contributed by atoms with Crippen LogP contribution in [-0.4, -0.2) is 0 Å². The Labute approximate surface area is 83.9 Å². The molecular formula is C11H14ClN. The summed E-state index contributed by atoms with van der Waals surface area (Å²) >= 11 is 5.92. The van der Waals surface area contributed by atoms with Crippen LogP contribution >= 0.6 is 11.6 Å². The number of benzene rings is 1. The van der Waals surface area contributed by atoms with Gasteiger partial charge in [-0.25, -0.2) is 0 Å². The lowest BCUT2D eigenvalue weighted by atomic mass is 9.81. The summed E-state index contributed by atoms with van der Waals surface area (Å²) in [5.41, 5.74) is 8.71. The molecule has 1 aromatic carbocycles. The maximum absolute atomic E-state index is 6.10. The summed E-state index contributed by atoms with van der Waals surface area (Å²) in [4.78, 5) is 0. The molecule has 1 aliphatic carbocycles. The molecule has 1 nitrogen and oxygen atoms in total. The van der Waals surface area contributed by atoms with Crippen molar-refractivity contribution in [3.05, 3.63) is 34.3 Å². The van der Waals surface area contributed by atoms with Crippen LogP contribution in [0.15, 0.2) is 18.2 Å². The second-order valence-electron chi connectivity index (χ2n) is 3.88. The zero-order valence-electron chi connectivity index (χ0n) is 7.76. The van der Waals surface area contributed by atoms with Gasteiger partial charge in [0.1, 0.15) is 0 Å². The van der Waals surface area contributed by atoms with Crippen LogP contribution in [0.3, 0.4) is 0 Å². The van der Waals surface area contributed by atoms with E-state index < -0.39 is 0 Å². The molecule has 2 N–H and O–H groups in total. The molecule has 1 aliphatic rings. The Kier molecular flexibility index (Phi) is 2.31. The first-order valence-electron chi connectivity index (χ1n) is 4.72. The predicted molar refractivity (Wildman–Crippen MR) is 55.9 cm³/mol. The summed E-state index contributed by atoms with van der Waals surface area (Å²) in [6.45, 7) is 2.21. The average molecular weight is 196 g/mol. The molecule has 0 spiro atoms. The second kappa shape index (κ2) is 3.32. The van der Waals surface area contributed by atoms with Crippen LogP contribution in [-0.2, 0) is 6.42 Å². The Morgan fingerprint density at radius 3 is 3.00 bits per heavy atom. The zero-order chi connectivity index (χ0) is 9.42. The summed E-state index contributed by atoms with van der Waals surface area (Å²) in [6, 6.07) is 6.24. The van der Waals surface area contributed by atoms with Crippen LogP contribution in [0.5, 0.6) is 0 Å². The zero-order valence-corrected chi connectivity index (χ0v) is 8.51. The van der Waals surface area contributed by atoms with Gasteiger partial charge in [0.25, 0.3) is 0 Å². The van der Waals surface area contributed by atoms with Gasteiger partial charge in [0, 0.05) is 11.1 Å². The number of hydrogen-bond acceptors (Lipinski definition) is 1. The van der Waals surface area contributed by atoms with Crippen molar-refractivity contribution in [2.45, 2.75) is 25.8 Å². The highest BCUT2D eigenvalue weighted by Gasteiger charge is 2.22. The van der Waals surface area contributed by atoms with E-state index in [4.69, 9.17) is 17.3 Å². The normalized spacial score (nSPS) is 27.0. The maximum Gasteiger partial charge on any atom is 0.0408 e. The minimum absolute atomic E-state index is 0.195. The molecular weight excluding hydrogens is 182 g/mol.